The second-order valence-corrected chi connectivity index (χ2v) is 6.02. The van der Waals surface area contributed by atoms with Gasteiger partial charge in [0.25, 0.3) is 5.91 Å². The molecule has 9 heteroatoms. The van der Waals surface area contributed by atoms with E-state index in [0.717, 1.165) is 0 Å². The summed E-state index contributed by atoms with van der Waals surface area (Å²) in [6, 6.07) is 8.25. The largest absolute Gasteiger partial charge is 0.493 e. The average Bonchev–Trinajstić information content (AvgIpc) is 2.80. The first kappa shape index (κ1) is 23.4. The van der Waals surface area contributed by atoms with E-state index in [-0.39, 0.29) is 0 Å². The lowest BCUT2D eigenvalue weighted by Gasteiger charge is -2.12. The molecule has 0 atom stereocenters. The van der Waals surface area contributed by atoms with Gasteiger partial charge < -0.3 is 33.7 Å². The summed E-state index contributed by atoms with van der Waals surface area (Å²) in [6.45, 7) is -0.452. The van der Waals surface area contributed by atoms with Gasteiger partial charge >= 0.3 is 5.97 Å². The Balaban J connectivity index is 1.96. The number of nitrogens with one attached hydrogen (secondary N) is 1. The molecule has 0 aromatic heterocycles. The predicted octanol–water partition coefficient (Wildman–Crippen LogP) is 2.92. The number of hydrogen-bond acceptors (Lipinski definition) is 8. The Morgan fingerprint density at radius 3 is 1.97 bits per heavy atom. The molecule has 9 nitrogen and oxygen atoms in total. The minimum atomic E-state index is -0.684. The quantitative estimate of drug-likeness (QED) is 0.453. The third-order valence-corrected chi connectivity index (χ3v) is 4.11. The normalized spacial score (nSPS) is 10.4. The predicted molar refractivity (Wildman–Crippen MR) is 114 cm³/mol. The molecular formula is C22H25NO8. The van der Waals surface area contributed by atoms with Gasteiger partial charge in [0.15, 0.2) is 29.6 Å². The molecule has 0 aliphatic carbocycles. The van der Waals surface area contributed by atoms with Crippen LogP contribution in [0.15, 0.2) is 36.4 Å². The van der Waals surface area contributed by atoms with Crippen LogP contribution in [0, 0.1) is 0 Å². The van der Waals surface area contributed by atoms with E-state index < -0.39 is 18.5 Å². The van der Waals surface area contributed by atoms with Crippen LogP contribution >= 0.6 is 0 Å². The van der Waals surface area contributed by atoms with Crippen molar-refractivity contribution in [3.8, 4) is 28.7 Å². The van der Waals surface area contributed by atoms with Crippen LogP contribution < -0.4 is 29.0 Å². The number of carbonyl (C=O) groups is 2. The van der Waals surface area contributed by atoms with Crippen molar-refractivity contribution in [2.45, 2.75) is 0 Å². The molecule has 0 saturated carbocycles. The Hall–Kier alpha value is -3.88. The van der Waals surface area contributed by atoms with Crippen LogP contribution in [0.25, 0.3) is 6.08 Å². The summed E-state index contributed by atoms with van der Waals surface area (Å²) in [7, 11) is 7.50. The van der Waals surface area contributed by atoms with Gasteiger partial charge in [0.05, 0.1) is 35.5 Å². The van der Waals surface area contributed by atoms with Gasteiger partial charge in [-0.1, -0.05) is 0 Å². The molecule has 2 aromatic carbocycles. The molecule has 0 spiro atoms. The maximum atomic E-state index is 12.1. The molecule has 1 amide bonds. The number of benzene rings is 2. The summed E-state index contributed by atoms with van der Waals surface area (Å²) in [5.41, 5.74) is 1.10. The first-order chi connectivity index (χ1) is 14.9. The van der Waals surface area contributed by atoms with E-state index in [0.29, 0.717) is 40.0 Å². The zero-order chi connectivity index (χ0) is 22.8. The number of esters is 1. The minimum absolute atomic E-state index is 0.441. The molecule has 0 aliphatic rings. The highest BCUT2D eigenvalue weighted by molar-refractivity contribution is 5.95. The SMILES string of the molecule is COc1ccc(NC(=O)COC(=O)/C=C/c2cc(OC)c(OC)c(OC)c2)cc1OC. The zero-order valence-corrected chi connectivity index (χ0v) is 18.0. The average molecular weight is 431 g/mol. The maximum Gasteiger partial charge on any atom is 0.331 e. The summed E-state index contributed by atoms with van der Waals surface area (Å²) in [6.07, 6.45) is 2.71. The van der Waals surface area contributed by atoms with Crippen molar-refractivity contribution >= 4 is 23.6 Å². The lowest BCUT2D eigenvalue weighted by molar-refractivity contribution is -0.142. The van der Waals surface area contributed by atoms with Crippen molar-refractivity contribution in [3.63, 3.8) is 0 Å². The standard InChI is InChI=1S/C22H25NO8/c1-26-16-8-7-15(12-17(16)27-2)23-20(24)13-31-21(25)9-6-14-10-18(28-3)22(30-5)19(11-14)29-4/h6-12H,13H2,1-5H3,(H,23,24)/b9-6+. The Morgan fingerprint density at radius 2 is 1.42 bits per heavy atom. The maximum absolute atomic E-state index is 12.1. The Labute approximate surface area is 180 Å². The fourth-order valence-electron chi connectivity index (χ4n) is 2.66. The van der Waals surface area contributed by atoms with Gasteiger partial charge in [-0.3, -0.25) is 4.79 Å². The lowest BCUT2D eigenvalue weighted by atomic mass is 10.1. The van der Waals surface area contributed by atoms with E-state index in [2.05, 4.69) is 5.32 Å². The highest BCUT2D eigenvalue weighted by Gasteiger charge is 2.13. The van der Waals surface area contributed by atoms with E-state index in [1.807, 2.05) is 0 Å². The van der Waals surface area contributed by atoms with Gasteiger partial charge in [-0.25, -0.2) is 4.79 Å². The molecule has 0 fully saturated rings. The van der Waals surface area contributed by atoms with Crippen LogP contribution in [0.2, 0.25) is 0 Å². The van der Waals surface area contributed by atoms with Gasteiger partial charge in [-0.05, 0) is 35.9 Å². The van der Waals surface area contributed by atoms with E-state index in [1.165, 1.54) is 47.7 Å². The number of anilines is 1. The highest BCUT2D eigenvalue weighted by atomic mass is 16.5. The third kappa shape index (κ3) is 6.30. The monoisotopic (exact) mass is 431 g/mol. The topological polar surface area (TPSA) is 102 Å². The summed E-state index contributed by atoms with van der Waals surface area (Å²) < 4.78 is 31.1. The van der Waals surface area contributed by atoms with Gasteiger partial charge in [0, 0.05) is 17.8 Å². The number of rotatable bonds is 10. The summed E-state index contributed by atoms with van der Waals surface area (Å²) >= 11 is 0. The Kier molecular flexibility index (Phi) is 8.56. The number of ether oxygens (including phenoxy) is 6. The number of hydrogen-bond donors (Lipinski definition) is 1. The second-order valence-electron chi connectivity index (χ2n) is 6.02. The van der Waals surface area contributed by atoms with Gasteiger partial charge in [0.2, 0.25) is 5.75 Å². The number of methoxy groups -OCH3 is 5. The van der Waals surface area contributed by atoms with Crippen molar-refractivity contribution in [3.05, 3.63) is 42.0 Å². The number of carbonyl (C=O) groups excluding carboxylic acids is 2. The first-order valence-electron chi connectivity index (χ1n) is 9.12. The van der Waals surface area contributed by atoms with Crippen molar-refractivity contribution in [2.75, 3.05) is 47.5 Å². The molecule has 2 rings (SSSR count). The van der Waals surface area contributed by atoms with Crippen molar-refractivity contribution in [2.24, 2.45) is 0 Å². The van der Waals surface area contributed by atoms with Crippen LogP contribution in [-0.4, -0.2) is 54.0 Å². The summed E-state index contributed by atoms with van der Waals surface area (Å²) in [4.78, 5) is 24.0. The molecule has 0 bridgehead atoms. The Bertz CT molecular complexity index is 930. The van der Waals surface area contributed by atoms with Gasteiger partial charge in [-0.15, -0.1) is 0 Å². The van der Waals surface area contributed by atoms with Crippen LogP contribution in [0.3, 0.4) is 0 Å². The third-order valence-electron chi connectivity index (χ3n) is 4.11. The molecule has 0 radical (unpaired) electrons. The highest BCUT2D eigenvalue weighted by Crippen LogP contribution is 2.38. The fourth-order valence-corrected chi connectivity index (χ4v) is 2.66. The van der Waals surface area contributed by atoms with Crippen molar-refractivity contribution in [1.82, 2.24) is 0 Å². The van der Waals surface area contributed by atoms with E-state index >= 15 is 0 Å². The van der Waals surface area contributed by atoms with E-state index in [9.17, 15) is 9.59 Å². The second kappa shape index (κ2) is 11.3. The van der Waals surface area contributed by atoms with Crippen LogP contribution in [0.5, 0.6) is 28.7 Å². The van der Waals surface area contributed by atoms with Crippen molar-refractivity contribution < 1.29 is 38.0 Å². The summed E-state index contributed by atoms with van der Waals surface area (Å²) in [5, 5.41) is 2.62. The Morgan fingerprint density at radius 1 is 0.806 bits per heavy atom. The smallest absolute Gasteiger partial charge is 0.331 e. The van der Waals surface area contributed by atoms with Gasteiger partial charge in [0.1, 0.15) is 0 Å². The lowest BCUT2D eigenvalue weighted by Crippen LogP contribution is -2.20. The van der Waals surface area contributed by atoms with Crippen molar-refractivity contribution in [1.29, 1.82) is 0 Å². The molecule has 1 N–H and O–H groups in total. The van der Waals surface area contributed by atoms with Gasteiger partial charge in [-0.2, -0.15) is 0 Å². The molecule has 166 valence electrons. The molecule has 2 aromatic rings. The molecule has 31 heavy (non-hydrogen) atoms. The fraction of sp³-hybridized carbons (Fsp3) is 0.273. The number of amides is 1. The first-order valence-corrected chi connectivity index (χ1v) is 9.12. The van der Waals surface area contributed by atoms with Crippen LogP contribution in [0.1, 0.15) is 5.56 Å². The van der Waals surface area contributed by atoms with E-state index in [1.54, 1.807) is 30.3 Å². The molecule has 0 aliphatic heterocycles. The molecular weight excluding hydrogens is 406 g/mol. The molecule has 0 saturated heterocycles. The molecule has 0 unspecified atom stereocenters. The summed E-state index contributed by atoms with van der Waals surface area (Å²) in [5.74, 6) is 1.15. The van der Waals surface area contributed by atoms with Crippen LogP contribution in [-0.2, 0) is 14.3 Å². The van der Waals surface area contributed by atoms with E-state index in [4.69, 9.17) is 28.4 Å². The zero-order valence-electron chi connectivity index (χ0n) is 18.0. The minimum Gasteiger partial charge on any atom is -0.493 e. The molecule has 0 heterocycles. The van der Waals surface area contributed by atoms with Crippen LogP contribution in [0.4, 0.5) is 5.69 Å².